The van der Waals surface area contributed by atoms with Gasteiger partial charge in [-0.2, -0.15) is 0 Å². The van der Waals surface area contributed by atoms with Crippen LogP contribution in [0.3, 0.4) is 0 Å². The van der Waals surface area contributed by atoms with Gasteiger partial charge in [-0.3, -0.25) is 0 Å². The summed E-state index contributed by atoms with van der Waals surface area (Å²) in [5.74, 6) is 0.746. The second-order valence-electron chi connectivity index (χ2n) is 5.83. The molecule has 1 fully saturated rings. The monoisotopic (exact) mass is 291 g/mol. The van der Waals surface area contributed by atoms with Crippen molar-refractivity contribution in [3.05, 3.63) is 0 Å². The molecular formula is C14H29NO3S. The van der Waals surface area contributed by atoms with E-state index in [1.54, 1.807) is 7.11 Å². The summed E-state index contributed by atoms with van der Waals surface area (Å²) in [6.45, 7) is 5.53. The molecule has 0 aromatic heterocycles. The van der Waals surface area contributed by atoms with Crippen molar-refractivity contribution in [2.45, 2.75) is 57.2 Å². The van der Waals surface area contributed by atoms with Crippen LogP contribution in [0.2, 0.25) is 0 Å². The third-order valence-corrected chi connectivity index (χ3v) is 6.19. The van der Waals surface area contributed by atoms with Crippen molar-refractivity contribution >= 4 is 9.84 Å². The van der Waals surface area contributed by atoms with E-state index in [2.05, 4.69) is 19.2 Å². The van der Waals surface area contributed by atoms with Crippen LogP contribution in [0.25, 0.3) is 0 Å². The maximum atomic E-state index is 12.5. The van der Waals surface area contributed by atoms with Gasteiger partial charge in [0.25, 0.3) is 0 Å². The van der Waals surface area contributed by atoms with Crippen LogP contribution in [-0.2, 0) is 14.6 Å². The normalized spacial score (nSPS) is 26.3. The summed E-state index contributed by atoms with van der Waals surface area (Å²) in [7, 11) is -1.39. The first-order chi connectivity index (χ1) is 8.99. The van der Waals surface area contributed by atoms with Gasteiger partial charge >= 0.3 is 0 Å². The topological polar surface area (TPSA) is 55.4 Å². The fraction of sp³-hybridized carbons (Fsp3) is 1.00. The highest BCUT2D eigenvalue weighted by atomic mass is 32.2. The standard InChI is InChI=1S/C14H29NO3S/c1-4-8-15-13(10-18-3)11-19(16,17)14-7-5-6-12(2)9-14/h12-15H,4-11H2,1-3H3. The van der Waals surface area contributed by atoms with Gasteiger partial charge in [-0.15, -0.1) is 0 Å². The maximum Gasteiger partial charge on any atom is 0.154 e. The first-order valence-corrected chi connectivity index (χ1v) is 9.15. The molecule has 0 aromatic carbocycles. The van der Waals surface area contributed by atoms with Gasteiger partial charge in [-0.25, -0.2) is 8.42 Å². The molecule has 0 radical (unpaired) electrons. The minimum Gasteiger partial charge on any atom is -0.383 e. The van der Waals surface area contributed by atoms with E-state index in [-0.39, 0.29) is 17.0 Å². The first-order valence-electron chi connectivity index (χ1n) is 7.43. The van der Waals surface area contributed by atoms with E-state index in [0.717, 1.165) is 32.2 Å². The van der Waals surface area contributed by atoms with Gasteiger partial charge in [-0.1, -0.05) is 26.7 Å². The Labute approximate surface area is 118 Å². The lowest BCUT2D eigenvalue weighted by molar-refractivity contribution is 0.173. The van der Waals surface area contributed by atoms with Gasteiger partial charge in [-0.05, 0) is 31.7 Å². The van der Waals surface area contributed by atoms with Crippen LogP contribution in [-0.4, -0.2) is 45.7 Å². The Kier molecular flexibility index (Phi) is 7.32. The van der Waals surface area contributed by atoms with Crippen LogP contribution in [0.15, 0.2) is 0 Å². The number of methoxy groups -OCH3 is 1. The molecule has 1 N–H and O–H groups in total. The van der Waals surface area contributed by atoms with Crippen molar-refractivity contribution < 1.29 is 13.2 Å². The molecule has 0 bridgehead atoms. The largest absolute Gasteiger partial charge is 0.383 e. The zero-order valence-electron chi connectivity index (χ0n) is 12.5. The number of nitrogens with one attached hydrogen (secondary N) is 1. The molecule has 0 heterocycles. The molecule has 0 amide bonds. The summed E-state index contributed by atoms with van der Waals surface area (Å²) >= 11 is 0. The summed E-state index contributed by atoms with van der Waals surface area (Å²) < 4.78 is 30.1. The molecule has 1 aliphatic rings. The fourth-order valence-electron chi connectivity index (χ4n) is 2.84. The molecule has 0 aromatic rings. The Hall–Kier alpha value is -0.130. The number of hydrogen-bond donors (Lipinski definition) is 1. The minimum absolute atomic E-state index is 0.0767. The molecule has 0 spiro atoms. The summed E-state index contributed by atoms with van der Waals surface area (Å²) in [5, 5.41) is 3.13. The summed E-state index contributed by atoms with van der Waals surface area (Å²) in [5.41, 5.74) is 0. The van der Waals surface area contributed by atoms with Gasteiger partial charge in [0, 0.05) is 13.2 Å². The number of hydrogen-bond acceptors (Lipinski definition) is 4. The summed E-state index contributed by atoms with van der Waals surface area (Å²) in [6.07, 6.45) is 4.88. The molecule has 1 saturated carbocycles. The Bertz CT molecular complexity index is 343. The van der Waals surface area contributed by atoms with Crippen molar-refractivity contribution in [1.82, 2.24) is 5.32 Å². The van der Waals surface area contributed by atoms with Crippen LogP contribution < -0.4 is 5.32 Å². The Morgan fingerprint density at radius 2 is 2.11 bits per heavy atom. The SMILES string of the molecule is CCCNC(COC)CS(=O)(=O)C1CCCC(C)C1. The van der Waals surface area contributed by atoms with E-state index in [0.29, 0.717) is 12.5 Å². The van der Waals surface area contributed by atoms with E-state index in [9.17, 15) is 8.42 Å². The van der Waals surface area contributed by atoms with Crippen molar-refractivity contribution in [2.75, 3.05) is 26.0 Å². The van der Waals surface area contributed by atoms with E-state index in [4.69, 9.17) is 4.74 Å². The van der Waals surface area contributed by atoms with Crippen LogP contribution >= 0.6 is 0 Å². The van der Waals surface area contributed by atoms with E-state index < -0.39 is 9.84 Å². The number of sulfone groups is 1. The molecule has 4 nitrogen and oxygen atoms in total. The number of rotatable bonds is 8. The summed E-state index contributed by atoms with van der Waals surface area (Å²) in [4.78, 5) is 0. The lowest BCUT2D eigenvalue weighted by Gasteiger charge is -2.28. The zero-order chi connectivity index (χ0) is 14.3. The smallest absolute Gasteiger partial charge is 0.154 e. The molecule has 0 saturated heterocycles. The molecule has 1 rings (SSSR count). The molecule has 19 heavy (non-hydrogen) atoms. The van der Waals surface area contributed by atoms with Gasteiger partial charge in [0.2, 0.25) is 0 Å². The fourth-order valence-corrected chi connectivity index (χ4v) is 5.03. The highest BCUT2D eigenvalue weighted by molar-refractivity contribution is 7.92. The maximum absolute atomic E-state index is 12.5. The highest BCUT2D eigenvalue weighted by Crippen LogP contribution is 2.28. The van der Waals surface area contributed by atoms with Gasteiger partial charge in [0.15, 0.2) is 9.84 Å². The van der Waals surface area contributed by atoms with Gasteiger partial charge in [0.05, 0.1) is 17.6 Å². The molecule has 3 atom stereocenters. The quantitative estimate of drug-likeness (QED) is 0.743. The molecule has 114 valence electrons. The molecular weight excluding hydrogens is 262 g/mol. The molecule has 3 unspecified atom stereocenters. The zero-order valence-corrected chi connectivity index (χ0v) is 13.3. The predicted octanol–water partition coefficient (Wildman–Crippen LogP) is 1.99. The van der Waals surface area contributed by atoms with Crippen molar-refractivity contribution in [1.29, 1.82) is 0 Å². The lowest BCUT2D eigenvalue weighted by atomic mass is 9.91. The van der Waals surface area contributed by atoms with Crippen molar-refractivity contribution in [3.63, 3.8) is 0 Å². The van der Waals surface area contributed by atoms with E-state index in [1.165, 1.54) is 6.42 Å². The summed E-state index contributed by atoms with van der Waals surface area (Å²) in [6, 6.07) is -0.0767. The van der Waals surface area contributed by atoms with Crippen LogP contribution in [0.5, 0.6) is 0 Å². The van der Waals surface area contributed by atoms with Gasteiger partial charge in [0.1, 0.15) is 0 Å². The van der Waals surface area contributed by atoms with Gasteiger partial charge < -0.3 is 10.1 Å². The second kappa shape index (κ2) is 8.22. The number of ether oxygens (including phenoxy) is 1. The van der Waals surface area contributed by atoms with E-state index in [1.807, 2.05) is 0 Å². The Morgan fingerprint density at radius 3 is 2.68 bits per heavy atom. The van der Waals surface area contributed by atoms with Crippen LogP contribution in [0, 0.1) is 5.92 Å². The Balaban J connectivity index is 2.59. The van der Waals surface area contributed by atoms with Crippen molar-refractivity contribution in [2.24, 2.45) is 5.92 Å². The predicted molar refractivity (Wildman–Crippen MR) is 79.2 cm³/mol. The molecule has 1 aliphatic carbocycles. The minimum atomic E-state index is -3.01. The molecule has 5 heteroatoms. The average Bonchev–Trinajstić information content (AvgIpc) is 2.36. The third-order valence-electron chi connectivity index (χ3n) is 3.88. The van der Waals surface area contributed by atoms with Crippen molar-refractivity contribution in [3.8, 4) is 0 Å². The first kappa shape index (κ1) is 16.9. The highest BCUT2D eigenvalue weighted by Gasteiger charge is 2.31. The third kappa shape index (κ3) is 5.79. The Morgan fingerprint density at radius 1 is 1.37 bits per heavy atom. The lowest BCUT2D eigenvalue weighted by Crippen LogP contribution is -2.43. The van der Waals surface area contributed by atoms with Crippen LogP contribution in [0.4, 0.5) is 0 Å². The van der Waals surface area contributed by atoms with E-state index >= 15 is 0 Å². The average molecular weight is 291 g/mol. The second-order valence-corrected chi connectivity index (χ2v) is 8.16. The van der Waals surface area contributed by atoms with Crippen LogP contribution in [0.1, 0.15) is 46.0 Å². The molecule has 0 aliphatic heterocycles.